The first-order valence-electron chi connectivity index (χ1n) is 7.72. The second-order valence-electron chi connectivity index (χ2n) is 5.68. The fourth-order valence-corrected chi connectivity index (χ4v) is 2.85. The summed E-state index contributed by atoms with van der Waals surface area (Å²) >= 11 is 0. The number of piperidine rings is 1. The van der Waals surface area contributed by atoms with Crippen molar-refractivity contribution in [2.75, 3.05) is 26.7 Å². The minimum atomic E-state index is -0.0615. The summed E-state index contributed by atoms with van der Waals surface area (Å²) in [5, 5.41) is 7.06. The number of carbonyl (C=O) groups excluding carboxylic acids is 1. The predicted octanol–water partition coefficient (Wildman–Crippen LogP) is 2.82. The largest absolute Gasteiger partial charge is 0.461 e. The van der Waals surface area contributed by atoms with Crippen molar-refractivity contribution in [3.8, 4) is 11.5 Å². The van der Waals surface area contributed by atoms with Gasteiger partial charge in [0.2, 0.25) is 5.76 Å². The van der Waals surface area contributed by atoms with Gasteiger partial charge in [-0.15, -0.1) is 12.4 Å². The molecule has 3 rings (SSSR count). The number of aromatic nitrogens is 1. The summed E-state index contributed by atoms with van der Waals surface area (Å²) in [6.07, 6.45) is 4.84. The monoisotopic (exact) mass is 339 g/mol. The first-order valence-corrected chi connectivity index (χ1v) is 7.72. The Bertz CT molecular complexity index is 604. The van der Waals surface area contributed by atoms with Crippen LogP contribution in [0.4, 0.5) is 0 Å². The van der Waals surface area contributed by atoms with E-state index in [4.69, 9.17) is 8.94 Å². The molecule has 23 heavy (non-hydrogen) atoms. The molecule has 1 aliphatic heterocycles. The molecule has 1 aliphatic rings. The molecule has 2 aromatic heterocycles. The molecule has 7 heteroatoms. The summed E-state index contributed by atoms with van der Waals surface area (Å²) in [6.45, 7) is 2.61. The van der Waals surface area contributed by atoms with Crippen molar-refractivity contribution in [2.24, 2.45) is 5.92 Å². The van der Waals surface area contributed by atoms with Crippen molar-refractivity contribution >= 4 is 18.3 Å². The van der Waals surface area contributed by atoms with Crippen LogP contribution in [0.3, 0.4) is 0 Å². The molecule has 0 aliphatic carbocycles. The molecule has 126 valence electrons. The molecular formula is C16H22ClN3O3. The van der Waals surface area contributed by atoms with Crippen molar-refractivity contribution in [3.63, 3.8) is 0 Å². The predicted molar refractivity (Wildman–Crippen MR) is 88.6 cm³/mol. The normalized spacial score (nSPS) is 15.4. The number of likely N-dealkylation sites (tertiary alicyclic amines) is 1. The third kappa shape index (κ3) is 4.14. The molecule has 1 N–H and O–H groups in total. The Morgan fingerprint density at radius 1 is 1.39 bits per heavy atom. The minimum absolute atomic E-state index is 0. The van der Waals surface area contributed by atoms with Gasteiger partial charge in [-0.1, -0.05) is 5.16 Å². The third-order valence-electron chi connectivity index (χ3n) is 4.20. The Balaban J connectivity index is 0.00000192. The Labute approximate surface area is 141 Å². The fourth-order valence-electron chi connectivity index (χ4n) is 2.85. The molecule has 1 fully saturated rings. The van der Waals surface area contributed by atoms with Gasteiger partial charge in [-0.3, -0.25) is 4.79 Å². The van der Waals surface area contributed by atoms with Gasteiger partial charge in [-0.05, 0) is 50.9 Å². The maximum atomic E-state index is 12.5. The van der Waals surface area contributed by atoms with Gasteiger partial charge in [0.05, 0.1) is 6.26 Å². The Morgan fingerprint density at radius 3 is 2.83 bits per heavy atom. The number of halogens is 1. The average molecular weight is 340 g/mol. The summed E-state index contributed by atoms with van der Waals surface area (Å²) in [7, 11) is 1.97. The molecular weight excluding hydrogens is 318 g/mol. The fraction of sp³-hybridized carbons (Fsp3) is 0.500. The number of amides is 1. The molecule has 0 bridgehead atoms. The summed E-state index contributed by atoms with van der Waals surface area (Å²) in [6, 6.07) is 5.20. The zero-order chi connectivity index (χ0) is 15.4. The molecule has 0 radical (unpaired) electrons. The smallest absolute Gasteiger partial charge is 0.276 e. The SMILES string of the molecule is CNCCC1CCN(C(=O)c2cc(-c3ccco3)on2)CC1.Cl. The molecule has 1 amide bonds. The van der Waals surface area contributed by atoms with Crippen molar-refractivity contribution in [1.29, 1.82) is 0 Å². The van der Waals surface area contributed by atoms with Crippen LogP contribution in [0.5, 0.6) is 0 Å². The second kappa shape index (κ2) is 8.17. The van der Waals surface area contributed by atoms with Crippen LogP contribution in [0, 0.1) is 5.92 Å². The molecule has 6 nitrogen and oxygen atoms in total. The highest BCUT2D eigenvalue weighted by Crippen LogP contribution is 2.24. The quantitative estimate of drug-likeness (QED) is 0.907. The highest BCUT2D eigenvalue weighted by Gasteiger charge is 2.25. The van der Waals surface area contributed by atoms with Crippen molar-refractivity contribution in [2.45, 2.75) is 19.3 Å². The summed E-state index contributed by atoms with van der Waals surface area (Å²) < 4.78 is 10.4. The van der Waals surface area contributed by atoms with Gasteiger partial charge in [0.1, 0.15) is 0 Å². The summed E-state index contributed by atoms with van der Waals surface area (Å²) in [5.41, 5.74) is 0.347. The van der Waals surface area contributed by atoms with Gasteiger partial charge < -0.3 is 19.2 Å². The van der Waals surface area contributed by atoms with E-state index < -0.39 is 0 Å². The number of carbonyl (C=O) groups is 1. The molecule has 0 saturated carbocycles. The average Bonchev–Trinajstić information content (AvgIpc) is 3.23. The number of nitrogens with zero attached hydrogens (tertiary/aromatic N) is 2. The van der Waals surface area contributed by atoms with E-state index in [9.17, 15) is 4.79 Å². The van der Waals surface area contributed by atoms with Gasteiger partial charge in [0.25, 0.3) is 5.91 Å². The lowest BCUT2D eigenvalue weighted by molar-refractivity contribution is 0.0677. The van der Waals surface area contributed by atoms with Crippen LogP contribution in [0.2, 0.25) is 0 Å². The van der Waals surface area contributed by atoms with E-state index in [0.29, 0.717) is 23.1 Å². The minimum Gasteiger partial charge on any atom is -0.461 e. The van der Waals surface area contributed by atoms with E-state index in [1.165, 1.54) is 6.42 Å². The number of furan rings is 1. The number of nitrogens with one attached hydrogen (secondary N) is 1. The number of hydrogen-bond acceptors (Lipinski definition) is 5. The first kappa shape index (κ1) is 17.6. The van der Waals surface area contributed by atoms with Crippen LogP contribution in [0.15, 0.2) is 33.4 Å². The Kier molecular flexibility index (Phi) is 6.24. The second-order valence-corrected chi connectivity index (χ2v) is 5.68. The summed E-state index contributed by atoms with van der Waals surface area (Å²) in [5.74, 6) is 1.70. The van der Waals surface area contributed by atoms with E-state index in [-0.39, 0.29) is 18.3 Å². The standard InChI is InChI=1S/C16H21N3O3.ClH/c1-17-7-4-12-5-8-19(9-6-12)16(20)13-11-15(22-18-13)14-3-2-10-21-14;/h2-3,10-12,17H,4-9H2,1H3;1H. The lowest BCUT2D eigenvalue weighted by Gasteiger charge is -2.31. The van der Waals surface area contributed by atoms with Crippen LogP contribution in [-0.4, -0.2) is 42.6 Å². The molecule has 0 unspecified atom stereocenters. The Hall–Kier alpha value is -1.79. The molecule has 3 heterocycles. The van der Waals surface area contributed by atoms with E-state index in [0.717, 1.165) is 32.5 Å². The van der Waals surface area contributed by atoms with E-state index in [1.54, 1.807) is 24.5 Å². The lowest BCUT2D eigenvalue weighted by Crippen LogP contribution is -2.39. The van der Waals surface area contributed by atoms with Crippen molar-refractivity contribution < 1.29 is 13.7 Å². The van der Waals surface area contributed by atoms with Crippen LogP contribution in [-0.2, 0) is 0 Å². The van der Waals surface area contributed by atoms with Crippen LogP contribution in [0.1, 0.15) is 29.8 Å². The van der Waals surface area contributed by atoms with E-state index in [2.05, 4.69) is 10.5 Å². The van der Waals surface area contributed by atoms with E-state index in [1.807, 2.05) is 11.9 Å². The topological polar surface area (TPSA) is 71.5 Å². The molecule has 0 aromatic carbocycles. The lowest BCUT2D eigenvalue weighted by atomic mass is 9.93. The molecule has 2 aromatic rings. The zero-order valence-corrected chi connectivity index (χ0v) is 14.0. The summed E-state index contributed by atoms with van der Waals surface area (Å²) in [4.78, 5) is 14.3. The molecule has 0 atom stereocenters. The highest BCUT2D eigenvalue weighted by atomic mass is 35.5. The van der Waals surface area contributed by atoms with E-state index >= 15 is 0 Å². The Morgan fingerprint density at radius 2 is 2.17 bits per heavy atom. The maximum Gasteiger partial charge on any atom is 0.276 e. The number of hydrogen-bond donors (Lipinski definition) is 1. The number of rotatable bonds is 5. The van der Waals surface area contributed by atoms with Crippen molar-refractivity contribution in [1.82, 2.24) is 15.4 Å². The van der Waals surface area contributed by atoms with Crippen LogP contribution >= 0.6 is 12.4 Å². The zero-order valence-electron chi connectivity index (χ0n) is 13.2. The van der Waals surface area contributed by atoms with Gasteiger partial charge in [0, 0.05) is 19.2 Å². The van der Waals surface area contributed by atoms with Gasteiger partial charge in [-0.2, -0.15) is 0 Å². The first-order chi connectivity index (χ1) is 10.8. The van der Waals surface area contributed by atoms with Gasteiger partial charge >= 0.3 is 0 Å². The third-order valence-corrected chi connectivity index (χ3v) is 4.20. The van der Waals surface area contributed by atoms with Crippen LogP contribution < -0.4 is 5.32 Å². The highest BCUT2D eigenvalue weighted by molar-refractivity contribution is 5.93. The van der Waals surface area contributed by atoms with Gasteiger partial charge in [0.15, 0.2) is 11.5 Å². The maximum absolute atomic E-state index is 12.5. The van der Waals surface area contributed by atoms with Gasteiger partial charge in [-0.25, -0.2) is 0 Å². The van der Waals surface area contributed by atoms with Crippen molar-refractivity contribution in [3.05, 3.63) is 30.2 Å². The van der Waals surface area contributed by atoms with Crippen LogP contribution in [0.25, 0.3) is 11.5 Å². The molecule has 1 saturated heterocycles. The molecule has 0 spiro atoms.